The molecule has 0 saturated heterocycles. The maximum Gasteiger partial charge on any atom is 0.263 e. The molecule has 0 aliphatic rings. The van der Waals surface area contributed by atoms with Crippen molar-refractivity contribution in [1.82, 2.24) is 0 Å². The molecule has 1 aromatic rings. The zero-order chi connectivity index (χ0) is 9.84. The van der Waals surface area contributed by atoms with Gasteiger partial charge in [-0.25, -0.2) is 8.78 Å². The van der Waals surface area contributed by atoms with Gasteiger partial charge in [-0.1, -0.05) is 18.2 Å². The van der Waals surface area contributed by atoms with Gasteiger partial charge in [0.2, 0.25) is 0 Å². The largest absolute Gasteiger partial charge is 0.382 e. The molecule has 0 amide bonds. The summed E-state index contributed by atoms with van der Waals surface area (Å²) in [6.45, 7) is 0. The lowest BCUT2D eigenvalue weighted by Crippen LogP contribution is -2.15. The molecule has 0 radical (unpaired) electrons. The van der Waals surface area contributed by atoms with Crippen LogP contribution < -0.4 is 11.6 Å². The molecule has 0 aliphatic heterocycles. The minimum atomic E-state index is -2.51. The molecule has 0 aliphatic carbocycles. The number of amidine groups is 1. The highest BCUT2D eigenvalue weighted by Gasteiger charge is 2.07. The monoisotopic (exact) mass is 185 g/mol. The van der Waals surface area contributed by atoms with Crippen molar-refractivity contribution in [2.45, 2.75) is 6.43 Å². The van der Waals surface area contributed by atoms with Crippen molar-refractivity contribution in [1.29, 1.82) is 0 Å². The topological polar surface area (TPSA) is 64.4 Å². The normalized spacial score (nSPS) is 12.1. The Hall–Kier alpha value is -1.65. The van der Waals surface area contributed by atoms with E-state index in [-0.39, 0.29) is 11.4 Å². The van der Waals surface area contributed by atoms with Crippen molar-refractivity contribution in [3.8, 4) is 0 Å². The first kappa shape index (κ1) is 9.44. The van der Waals surface area contributed by atoms with Gasteiger partial charge in [0, 0.05) is 11.1 Å². The van der Waals surface area contributed by atoms with Gasteiger partial charge in [0.05, 0.1) is 0 Å². The standard InChI is InChI=1S/C8H9F2N3/c9-7(10)5-2-1-3-6(4-5)8(11)13-12/h1-4,7H,12H2,(H2,11,13). The van der Waals surface area contributed by atoms with Crippen molar-refractivity contribution >= 4 is 5.84 Å². The maximum atomic E-state index is 12.2. The predicted octanol–water partition coefficient (Wildman–Crippen LogP) is 1.20. The molecule has 5 heteroatoms. The van der Waals surface area contributed by atoms with Gasteiger partial charge in [-0.15, -0.1) is 0 Å². The van der Waals surface area contributed by atoms with Crippen LogP contribution in [-0.4, -0.2) is 5.84 Å². The summed E-state index contributed by atoms with van der Waals surface area (Å²) in [5.41, 5.74) is 5.65. The number of nitrogens with zero attached hydrogens (tertiary/aromatic N) is 1. The van der Waals surface area contributed by atoms with Gasteiger partial charge in [-0.05, 0) is 6.07 Å². The van der Waals surface area contributed by atoms with Crippen molar-refractivity contribution in [3.63, 3.8) is 0 Å². The molecular weight excluding hydrogens is 176 g/mol. The molecule has 0 aromatic heterocycles. The molecule has 0 spiro atoms. The van der Waals surface area contributed by atoms with Crippen LogP contribution in [0.15, 0.2) is 29.4 Å². The number of benzene rings is 1. The lowest BCUT2D eigenvalue weighted by Gasteiger charge is -2.02. The van der Waals surface area contributed by atoms with Gasteiger partial charge < -0.3 is 11.6 Å². The molecule has 70 valence electrons. The molecule has 0 atom stereocenters. The molecule has 0 fully saturated rings. The zero-order valence-electron chi connectivity index (χ0n) is 6.74. The third-order valence-corrected chi connectivity index (χ3v) is 1.57. The quantitative estimate of drug-likeness (QED) is 0.315. The summed E-state index contributed by atoms with van der Waals surface area (Å²) in [6.07, 6.45) is -2.51. The van der Waals surface area contributed by atoms with E-state index in [1.165, 1.54) is 18.2 Å². The van der Waals surface area contributed by atoms with Crippen molar-refractivity contribution in [3.05, 3.63) is 35.4 Å². The molecule has 0 unspecified atom stereocenters. The fourth-order valence-corrected chi connectivity index (χ4v) is 0.908. The second kappa shape index (κ2) is 3.84. The van der Waals surface area contributed by atoms with Crippen molar-refractivity contribution in [2.75, 3.05) is 0 Å². The summed E-state index contributed by atoms with van der Waals surface area (Å²) in [6, 6.07) is 5.63. The minimum Gasteiger partial charge on any atom is -0.382 e. The predicted molar refractivity (Wildman–Crippen MR) is 46.3 cm³/mol. The number of hydrazone groups is 1. The van der Waals surface area contributed by atoms with E-state index >= 15 is 0 Å². The van der Waals surface area contributed by atoms with Crippen molar-refractivity contribution < 1.29 is 8.78 Å². The van der Waals surface area contributed by atoms with Crippen LogP contribution in [0.4, 0.5) is 8.78 Å². The van der Waals surface area contributed by atoms with E-state index in [4.69, 9.17) is 11.6 Å². The molecule has 4 N–H and O–H groups in total. The molecule has 0 bridgehead atoms. The Bertz CT molecular complexity index is 323. The fraction of sp³-hybridized carbons (Fsp3) is 0.125. The lowest BCUT2D eigenvalue weighted by molar-refractivity contribution is 0.151. The van der Waals surface area contributed by atoms with Gasteiger partial charge >= 0.3 is 0 Å². The van der Waals surface area contributed by atoms with Gasteiger partial charge in [0.25, 0.3) is 6.43 Å². The first-order valence-corrected chi connectivity index (χ1v) is 3.57. The van der Waals surface area contributed by atoms with Crippen LogP contribution in [0.3, 0.4) is 0 Å². The SMILES string of the molecule is N/N=C(/N)c1cccc(C(F)F)c1. The Morgan fingerprint density at radius 2 is 2.08 bits per heavy atom. The third-order valence-electron chi connectivity index (χ3n) is 1.57. The van der Waals surface area contributed by atoms with E-state index < -0.39 is 6.43 Å². The average molecular weight is 185 g/mol. The summed E-state index contributed by atoms with van der Waals surface area (Å²) in [4.78, 5) is 0. The van der Waals surface area contributed by atoms with Crippen LogP contribution >= 0.6 is 0 Å². The molecule has 0 saturated carbocycles. The van der Waals surface area contributed by atoms with Crippen LogP contribution in [0.5, 0.6) is 0 Å². The molecule has 3 nitrogen and oxygen atoms in total. The molecule has 13 heavy (non-hydrogen) atoms. The second-order valence-electron chi connectivity index (χ2n) is 2.44. The highest BCUT2D eigenvalue weighted by molar-refractivity contribution is 5.97. The second-order valence-corrected chi connectivity index (χ2v) is 2.44. The molecule has 1 rings (SSSR count). The average Bonchev–Trinajstić information content (AvgIpc) is 2.17. The number of alkyl halides is 2. The summed E-state index contributed by atoms with van der Waals surface area (Å²) in [5.74, 6) is 4.95. The Balaban J connectivity index is 3.05. The van der Waals surface area contributed by atoms with E-state index in [1.807, 2.05) is 0 Å². The first-order valence-electron chi connectivity index (χ1n) is 3.57. The van der Waals surface area contributed by atoms with Crippen LogP contribution in [-0.2, 0) is 0 Å². The smallest absolute Gasteiger partial charge is 0.263 e. The molecule has 1 aromatic carbocycles. The molecule has 0 heterocycles. The third kappa shape index (κ3) is 2.14. The first-order chi connectivity index (χ1) is 6.15. The Morgan fingerprint density at radius 1 is 1.38 bits per heavy atom. The van der Waals surface area contributed by atoms with Gasteiger partial charge in [0.15, 0.2) is 0 Å². The van der Waals surface area contributed by atoms with Crippen LogP contribution in [0.1, 0.15) is 17.6 Å². The van der Waals surface area contributed by atoms with Crippen molar-refractivity contribution in [2.24, 2.45) is 16.7 Å². The van der Waals surface area contributed by atoms with Gasteiger partial charge in [-0.2, -0.15) is 5.10 Å². The van der Waals surface area contributed by atoms with E-state index in [0.717, 1.165) is 0 Å². The number of hydrogen-bond donors (Lipinski definition) is 2. The minimum absolute atomic E-state index is 0.0440. The highest BCUT2D eigenvalue weighted by atomic mass is 19.3. The summed E-state index contributed by atoms with van der Waals surface area (Å²) in [5, 5.41) is 3.21. The fourth-order valence-electron chi connectivity index (χ4n) is 0.908. The Kier molecular flexibility index (Phi) is 2.79. The summed E-state index contributed by atoms with van der Waals surface area (Å²) >= 11 is 0. The Morgan fingerprint density at radius 3 is 2.62 bits per heavy atom. The molecular formula is C8H9F2N3. The Labute approximate surface area is 74.0 Å². The van der Waals surface area contributed by atoms with E-state index in [2.05, 4.69) is 5.10 Å². The number of nitrogens with two attached hydrogens (primary N) is 2. The number of halogens is 2. The maximum absolute atomic E-state index is 12.2. The van der Waals surface area contributed by atoms with Crippen LogP contribution in [0.25, 0.3) is 0 Å². The highest BCUT2D eigenvalue weighted by Crippen LogP contribution is 2.19. The summed E-state index contributed by atoms with van der Waals surface area (Å²) in [7, 11) is 0. The number of hydrogen-bond acceptors (Lipinski definition) is 2. The van der Waals surface area contributed by atoms with E-state index in [9.17, 15) is 8.78 Å². The van der Waals surface area contributed by atoms with E-state index in [1.54, 1.807) is 6.07 Å². The summed E-state index contributed by atoms with van der Waals surface area (Å²) < 4.78 is 24.4. The number of rotatable bonds is 2. The van der Waals surface area contributed by atoms with Crippen LogP contribution in [0.2, 0.25) is 0 Å². The van der Waals surface area contributed by atoms with Crippen LogP contribution in [0, 0.1) is 0 Å². The van der Waals surface area contributed by atoms with Gasteiger partial charge in [-0.3, -0.25) is 0 Å². The lowest BCUT2D eigenvalue weighted by atomic mass is 10.1. The zero-order valence-corrected chi connectivity index (χ0v) is 6.74. The van der Waals surface area contributed by atoms with E-state index in [0.29, 0.717) is 5.56 Å². The van der Waals surface area contributed by atoms with Gasteiger partial charge in [0.1, 0.15) is 5.84 Å².